The molecule has 0 N–H and O–H groups in total. The summed E-state index contributed by atoms with van der Waals surface area (Å²) >= 11 is 5.52. The maximum Gasteiger partial charge on any atom is 0.125 e. The summed E-state index contributed by atoms with van der Waals surface area (Å²) in [5.74, 6) is 0.780. The van der Waals surface area contributed by atoms with E-state index in [1.54, 1.807) is 0 Å². The molecule has 0 saturated carbocycles. The zero-order chi connectivity index (χ0) is 14.3. The highest BCUT2D eigenvalue weighted by Crippen LogP contribution is 2.41. The van der Waals surface area contributed by atoms with Crippen molar-refractivity contribution < 1.29 is 0 Å². The molecule has 2 aromatic rings. The molecule has 1 atom stereocenters. The van der Waals surface area contributed by atoms with Gasteiger partial charge in [-0.3, -0.25) is 0 Å². The lowest BCUT2D eigenvalue weighted by Gasteiger charge is -2.33. The van der Waals surface area contributed by atoms with Crippen LogP contribution in [0.4, 0.5) is 0 Å². The van der Waals surface area contributed by atoms with E-state index in [2.05, 4.69) is 61.0 Å². The summed E-state index contributed by atoms with van der Waals surface area (Å²) in [5, 5.41) is 1.16. The molecule has 1 aliphatic rings. The topological polar surface area (TPSA) is 12.9 Å². The van der Waals surface area contributed by atoms with Crippen molar-refractivity contribution in [3.05, 3.63) is 39.3 Å². The molecule has 1 heterocycles. The van der Waals surface area contributed by atoms with Crippen LogP contribution in [-0.4, -0.2) is 4.98 Å². The zero-order valence-electron chi connectivity index (χ0n) is 12.2. The Morgan fingerprint density at radius 1 is 1.25 bits per heavy atom. The van der Waals surface area contributed by atoms with Gasteiger partial charge in [-0.2, -0.15) is 0 Å². The highest BCUT2D eigenvalue weighted by Gasteiger charge is 2.30. The van der Waals surface area contributed by atoms with E-state index < -0.39 is 0 Å². The van der Waals surface area contributed by atoms with Crippen LogP contribution in [0.2, 0.25) is 0 Å². The molecule has 0 aliphatic heterocycles. The van der Waals surface area contributed by atoms with E-state index >= 15 is 0 Å². The molecule has 1 unspecified atom stereocenters. The van der Waals surface area contributed by atoms with Crippen LogP contribution in [0.15, 0.2) is 28.7 Å². The average molecular weight is 350 g/mol. The van der Waals surface area contributed by atoms with Crippen molar-refractivity contribution in [2.75, 3.05) is 0 Å². The molecule has 3 rings (SSSR count). The van der Waals surface area contributed by atoms with E-state index in [0.29, 0.717) is 5.41 Å². The minimum absolute atomic E-state index is 0.398. The lowest BCUT2D eigenvalue weighted by Crippen LogP contribution is -2.26. The van der Waals surface area contributed by atoms with Gasteiger partial charge in [-0.05, 0) is 36.7 Å². The number of aryl methyl sites for hydroxylation is 1. The van der Waals surface area contributed by atoms with Crippen LogP contribution in [0.25, 0.3) is 10.6 Å². The van der Waals surface area contributed by atoms with E-state index in [4.69, 9.17) is 4.98 Å². The van der Waals surface area contributed by atoms with E-state index in [-0.39, 0.29) is 0 Å². The van der Waals surface area contributed by atoms with Crippen LogP contribution in [0.5, 0.6) is 0 Å². The highest BCUT2D eigenvalue weighted by atomic mass is 79.9. The molecule has 1 aliphatic carbocycles. The van der Waals surface area contributed by atoms with E-state index in [9.17, 15) is 0 Å². The summed E-state index contributed by atoms with van der Waals surface area (Å²) in [6.07, 6.45) is 3.61. The zero-order valence-corrected chi connectivity index (χ0v) is 14.6. The van der Waals surface area contributed by atoms with Crippen molar-refractivity contribution in [2.45, 2.75) is 40.0 Å². The summed E-state index contributed by atoms with van der Waals surface area (Å²) in [4.78, 5) is 6.39. The second kappa shape index (κ2) is 5.27. The molecule has 0 saturated heterocycles. The molecule has 1 aromatic heterocycles. The van der Waals surface area contributed by atoms with Gasteiger partial charge in [0.05, 0.1) is 5.69 Å². The number of hydrogen-bond donors (Lipinski definition) is 0. The summed E-state index contributed by atoms with van der Waals surface area (Å²) in [6.45, 7) is 7.08. The van der Waals surface area contributed by atoms with Crippen molar-refractivity contribution in [3.8, 4) is 10.6 Å². The number of aromatic nitrogens is 1. The van der Waals surface area contributed by atoms with Gasteiger partial charge in [0.25, 0.3) is 0 Å². The van der Waals surface area contributed by atoms with Gasteiger partial charge in [0.2, 0.25) is 0 Å². The largest absolute Gasteiger partial charge is 0.241 e. The Labute approximate surface area is 133 Å². The van der Waals surface area contributed by atoms with Gasteiger partial charge < -0.3 is 0 Å². The van der Waals surface area contributed by atoms with Crippen LogP contribution in [0.1, 0.15) is 37.8 Å². The number of benzene rings is 1. The van der Waals surface area contributed by atoms with E-state index in [1.807, 2.05) is 11.3 Å². The van der Waals surface area contributed by atoms with Crippen molar-refractivity contribution in [1.29, 1.82) is 0 Å². The van der Waals surface area contributed by atoms with Crippen LogP contribution in [0, 0.1) is 11.3 Å². The molecule has 1 nitrogen and oxygen atoms in total. The molecule has 0 amide bonds. The predicted molar refractivity (Wildman–Crippen MR) is 90.2 cm³/mol. The predicted octanol–water partition coefficient (Wildman–Crippen LogP) is 5.72. The second-order valence-corrected chi connectivity index (χ2v) is 8.61. The van der Waals surface area contributed by atoms with Gasteiger partial charge in [0.1, 0.15) is 5.01 Å². The number of nitrogens with zero attached hydrogens (tertiary/aromatic N) is 1. The quantitative estimate of drug-likeness (QED) is 0.641. The fourth-order valence-corrected chi connectivity index (χ4v) is 4.70. The summed E-state index contributed by atoms with van der Waals surface area (Å²) in [7, 11) is 0. The molecule has 106 valence electrons. The first-order valence-electron chi connectivity index (χ1n) is 7.18. The Hall–Kier alpha value is -0.670. The molecular weight excluding hydrogens is 330 g/mol. The molecule has 0 radical (unpaired) electrons. The van der Waals surface area contributed by atoms with Crippen LogP contribution < -0.4 is 0 Å². The molecule has 0 spiro atoms. The Kier molecular flexibility index (Phi) is 3.76. The van der Waals surface area contributed by atoms with E-state index in [1.165, 1.54) is 29.0 Å². The van der Waals surface area contributed by atoms with Crippen molar-refractivity contribution in [3.63, 3.8) is 0 Å². The number of halogens is 1. The first kappa shape index (κ1) is 14.3. The standard InChI is InChI=1S/C17H20BrNS/c1-17(2,3)11-8-9-14-15(10-11)20-16(19-14)12-6-4-5-7-13(12)18/h4-7,11H,8-10H2,1-3H3. The average Bonchev–Trinajstić information content (AvgIpc) is 2.80. The lowest BCUT2D eigenvalue weighted by atomic mass is 9.73. The van der Waals surface area contributed by atoms with Crippen molar-refractivity contribution in [2.24, 2.45) is 11.3 Å². The Balaban J connectivity index is 1.93. The summed E-state index contributed by atoms with van der Waals surface area (Å²) in [6, 6.07) is 8.37. The van der Waals surface area contributed by atoms with Gasteiger partial charge in [-0.15, -0.1) is 11.3 Å². The first-order chi connectivity index (χ1) is 9.45. The minimum Gasteiger partial charge on any atom is -0.241 e. The third-order valence-corrected chi connectivity index (χ3v) is 6.11. The monoisotopic (exact) mass is 349 g/mol. The number of hydrogen-bond acceptors (Lipinski definition) is 2. The Morgan fingerprint density at radius 2 is 2.00 bits per heavy atom. The maximum absolute atomic E-state index is 4.89. The minimum atomic E-state index is 0.398. The van der Waals surface area contributed by atoms with Gasteiger partial charge in [0.15, 0.2) is 0 Å². The third-order valence-electron chi connectivity index (χ3n) is 4.27. The van der Waals surface area contributed by atoms with Gasteiger partial charge in [-0.25, -0.2) is 4.98 Å². The Morgan fingerprint density at radius 3 is 2.70 bits per heavy atom. The SMILES string of the molecule is CC(C)(C)C1CCc2nc(-c3ccccc3Br)sc2C1. The molecular formula is C17H20BrNS. The molecule has 20 heavy (non-hydrogen) atoms. The Bertz CT molecular complexity index is 624. The molecule has 1 aromatic carbocycles. The lowest BCUT2D eigenvalue weighted by molar-refractivity contribution is 0.217. The summed E-state index contributed by atoms with van der Waals surface area (Å²) in [5.41, 5.74) is 2.95. The van der Waals surface area contributed by atoms with E-state index in [0.717, 1.165) is 21.8 Å². The van der Waals surface area contributed by atoms with Crippen molar-refractivity contribution in [1.82, 2.24) is 4.98 Å². The molecule has 3 heteroatoms. The van der Waals surface area contributed by atoms with Crippen molar-refractivity contribution >= 4 is 27.3 Å². The first-order valence-corrected chi connectivity index (χ1v) is 8.79. The smallest absolute Gasteiger partial charge is 0.125 e. The number of fused-ring (bicyclic) bond motifs is 1. The summed E-state index contributed by atoms with van der Waals surface area (Å²) < 4.78 is 1.14. The van der Waals surface area contributed by atoms with Gasteiger partial charge >= 0.3 is 0 Å². The fraction of sp³-hybridized carbons (Fsp3) is 0.471. The molecule has 0 bridgehead atoms. The van der Waals surface area contributed by atoms with Crippen LogP contribution in [0.3, 0.4) is 0 Å². The highest BCUT2D eigenvalue weighted by molar-refractivity contribution is 9.10. The van der Waals surface area contributed by atoms with Gasteiger partial charge in [-0.1, -0.05) is 54.9 Å². The maximum atomic E-state index is 4.89. The van der Waals surface area contributed by atoms with Crippen LogP contribution in [-0.2, 0) is 12.8 Å². The van der Waals surface area contributed by atoms with Crippen LogP contribution >= 0.6 is 27.3 Å². The normalized spacial score (nSPS) is 18.9. The third kappa shape index (κ3) is 2.71. The van der Waals surface area contributed by atoms with Gasteiger partial charge in [0, 0.05) is 14.9 Å². The fourth-order valence-electron chi connectivity index (χ4n) is 2.86. The number of thiazole rings is 1. The second-order valence-electron chi connectivity index (χ2n) is 6.67. The number of rotatable bonds is 1. The molecule has 0 fully saturated rings.